The average Bonchev–Trinajstić information content (AvgIpc) is 3.49. The SMILES string of the molecule is C[C@@H](Cn1ccc(-c2ccc(C#N)c(Cl)c2)n1)NC(=O)Cc1ccn(-c2cnn(C)c2)n1. The Hall–Kier alpha value is -3.90. The molecule has 162 valence electrons. The van der Waals surface area contributed by atoms with Crippen molar-refractivity contribution in [1.29, 1.82) is 5.26 Å². The van der Waals surface area contributed by atoms with E-state index < -0.39 is 0 Å². The number of hydrogen-bond donors (Lipinski definition) is 1. The minimum absolute atomic E-state index is 0.111. The van der Waals surface area contributed by atoms with E-state index in [0.29, 0.717) is 22.8 Å². The lowest BCUT2D eigenvalue weighted by Crippen LogP contribution is -2.36. The maximum absolute atomic E-state index is 12.4. The van der Waals surface area contributed by atoms with Crippen LogP contribution in [0.15, 0.2) is 55.1 Å². The van der Waals surface area contributed by atoms with Crippen LogP contribution in [0.2, 0.25) is 5.02 Å². The van der Waals surface area contributed by atoms with Crippen LogP contribution in [0.3, 0.4) is 0 Å². The van der Waals surface area contributed by atoms with Crippen molar-refractivity contribution in [3.05, 3.63) is 71.4 Å². The van der Waals surface area contributed by atoms with E-state index >= 15 is 0 Å². The van der Waals surface area contributed by atoms with E-state index in [4.69, 9.17) is 16.9 Å². The van der Waals surface area contributed by atoms with Gasteiger partial charge in [0.05, 0.1) is 47.3 Å². The minimum Gasteiger partial charge on any atom is -0.351 e. The van der Waals surface area contributed by atoms with Crippen LogP contribution < -0.4 is 5.32 Å². The quantitative estimate of drug-likeness (QED) is 0.468. The summed E-state index contributed by atoms with van der Waals surface area (Å²) < 4.78 is 5.16. The van der Waals surface area contributed by atoms with Crippen molar-refractivity contribution in [2.75, 3.05) is 0 Å². The smallest absolute Gasteiger partial charge is 0.226 e. The van der Waals surface area contributed by atoms with Gasteiger partial charge in [0.25, 0.3) is 0 Å². The van der Waals surface area contributed by atoms with Gasteiger partial charge >= 0.3 is 0 Å². The highest BCUT2D eigenvalue weighted by atomic mass is 35.5. The first-order valence-corrected chi connectivity index (χ1v) is 10.4. The Balaban J connectivity index is 1.33. The number of carbonyl (C=O) groups excluding carboxylic acids is 1. The first kappa shape index (κ1) is 21.3. The van der Waals surface area contributed by atoms with Crippen LogP contribution in [0.25, 0.3) is 16.9 Å². The lowest BCUT2D eigenvalue weighted by Gasteiger charge is -2.13. The highest BCUT2D eigenvalue weighted by Crippen LogP contribution is 2.24. The van der Waals surface area contributed by atoms with Gasteiger partial charge in [0.1, 0.15) is 11.8 Å². The summed E-state index contributed by atoms with van der Waals surface area (Å²) in [4.78, 5) is 12.4. The van der Waals surface area contributed by atoms with Crippen LogP contribution in [0.5, 0.6) is 0 Å². The second-order valence-electron chi connectivity index (χ2n) is 7.50. The third-order valence-electron chi connectivity index (χ3n) is 4.84. The van der Waals surface area contributed by atoms with Crippen LogP contribution in [-0.2, 0) is 24.8 Å². The van der Waals surface area contributed by atoms with Crippen molar-refractivity contribution in [2.24, 2.45) is 7.05 Å². The summed E-state index contributed by atoms with van der Waals surface area (Å²) in [6, 6.07) is 10.8. The molecule has 4 rings (SSSR count). The lowest BCUT2D eigenvalue weighted by atomic mass is 10.1. The molecule has 3 heterocycles. The maximum Gasteiger partial charge on any atom is 0.226 e. The van der Waals surface area contributed by atoms with Crippen molar-refractivity contribution in [2.45, 2.75) is 25.9 Å². The number of nitrogens with zero attached hydrogens (tertiary/aromatic N) is 7. The van der Waals surface area contributed by atoms with Crippen molar-refractivity contribution in [1.82, 2.24) is 34.7 Å². The number of benzene rings is 1. The van der Waals surface area contributed by atoms with Gasteiger partial charge in [-0.25, -0.2) is 4.68 Å². The molecular weight excluding hydrogens is 428 g/mol. The van der Waals surface area contributed by atoms with Crippen molar-refractivity contribution >= 4 is 17.5 Å². The van der Waals surface area contributed by atoms with Gasteiger partial charge in [-0.05, 0) is 31.2 Å². The normalized spacial score (nSPS) is 11.8. The molecule has 1 amide bonds. The van der Waals surface area contributed by atoms with Crippen LogP contribution in [0.4, 0.5) is 0 Å². The molecule has 0 aliphatic rings. The van der Waals surface area contributed by atoms with Gasteiger partial charge in [0.2, 0.25) is 5.91 Å². The molecule has 4 aromatic rings. The molecule has 0 spiro atoms. The standard InChI is InChI=1S/C22H21ClN8O/c1-15(13-30-7-6-21(28-30)16-3-4-17(11-24)20(23)9-16)26-22(32)10-18-5-8-31(27-18)19-12-25-29(2)14-19/h3-9,12,14-15H,10,13H2,1-2H3,(H,26,32)/t15-/m0/s1. The van der Waals surface area contributed by atoms with Gasteiger partial charge in [-0.1, -0.05) is 17.7 Å². The first-order chi connectivity index (χ1) is 15.4. The van der Waals surface area contributed by atoms with Crippen LogP contribution >= 0.6 is 11.6 Å². The number of aryl methyl sites for hydroxylation is 1. The predicted molar refractivity (Wildman–Crippen MR) is 119 cm³/mol. The zero-order valence-corrected chi connectivity index (χ0v) is 18.4. The number of aromatic nitrogens is 6. The topological polar surface area (TPSA) is 106 Å². The summed E-state index contributed by atoms with van der Waals surface area (Å²) in [5.74, 6) is -0.111. The molecule has 0 aliphatic heterocycles. The first-order valence-electron chi connectivity index (χ1n) is 9.97. The molecule has 0 bridgehead atoms. The third kappa shape index (κ3) is 4.87. The molecule has 0 radical (unpaired) electrons. The van der Waals surface area contributed by atoms with Gasteiger partial charge < -0.3 is 5.32 Å². The summed E-state index contributed by atoms with van der Waals surface area (Å²) in [7, 11) is 1.84. The van der Waals surface area contributed by atoms with Crippen molar-refractivity contribution in [3.8, 4) is 23.0 Å². The Morgan fingerprint density at radius 2 is 2.09 bits per heavy atom. The third-order valence-corrected chi connectivity index (χ3v) is 5.15. The number of hydrogen-bond acceptors (Lipinski definition) is 5. The van der Waals surface area contributed by atoms with E-state index in [1.807, 2.05) is 56.8 Å². The molecule has 1 N–H and O–H groups in total. The molecule has 0 saturated carbocycles. The Morgan fingerprint density at radius 3 is 2.81 bits per heavy atom. The number of halogens is 1. The second-order valence-corrected chi connectivity index (χ2v) is 7.91. The van der Waals surface area contributed by atoms with Gasteiger partial charge in [-0.2, -0.15) is 20.6 Å². The highest BCUT2D eigenvalue weighted by Gasteiger charge is 2.13. The lowest BCUT2D eigenvalue weighted by molar-refractivity contribution is -0.121. The number of nitriles is 1. The number of amides is 1. The Bertz CT molecular complexity index is 1300. The summed E-state index contributed by atoms with van der Waals surface area (Å²) in [6.07, 6.45) is 7.40. The van der Waals surface area contributed by atoms with Gasteiger partial charge in [-0.15, -0.1) is 0 Å². The fraction of sp³-hybridized carbons (Fsp3) is 0.227. The predicted octanol–water partition coefficient (Wildman–Crippen LogP) is 2.74. The minimum atomic E-state index is -0.125. The second kappa shape index (κ2) is 9.08. The van der Waals surface area contributed by atoms with E-state index in [0.717, 1.165) is 16.9 Å². The monoisotopic (exact) mass is 448 g/mol. The fourth-order valence-electron chi connectivity index (χ4n) is 3.33. The van der Waals surface area contributed by atoms with E-state index in [9.17, 15) is 4.79 Å². The maximum atomic E-state index is 12.4. The molecule has 0 aliphatic carbocycles. The highest BCUT2D eigenvalue weighted by molar-refractivity contribution is 6.32. The Kier molecular flexibility index (Phi) is 6.05. The average molecular weight is 449 g/mol. The van der Waals surface area contributed by atoms with Crippen LogP contribution in [0.1, 0.15) is 18.2 Å². The number of carbonyl (C=O) groups is 1. The van der Waals surface area contributed by atoms with Crippen molar-refractivity contribution < 1.29 is 4.79 Å². The summed E-state index contributed by atoms with van der Waals surface area (Å²) in [6.45, 7) is 2.44. The van der Waals surface area contributed by atoms with Gasteiger partial charge in [0.15, 0.2) is 0 Å². The van der Waals surface area contributed by atoms with Crippen molar-refractivity contribution in [3.63, 3.8) is 0 Å². The van der Waals surface area contributed by atoms with Gasteiger partial charge in [-0.3, -0.25) is 14.2 Å². The molecule has 0 unspecified atom stereocenters. The van der Waals surface area contributed by atoms with Crippen LogP contribution in [0, 0.1) is 11.3 Å². The Morgan fingerprint density at radius 1 is 1.25 bits per heavy atom. The Labute approximate surface area is 189 Å². The van der Waals surface area contributed by atoms with E-state index in [-0.39, 0.29) is 18.4 Å². The number of nitrogens with one attached hydrogen (secondary N) is 1. The molecule has 3 aromatic heterocycles. The zero-order valence-electron chi connectivity index (χ0n) is 17.6. The zero-order chi connectivity index (χ0) is 22.7. The van der Waals surface area contributed by atoms with E-state index in [1.165, 1.54) is 0 Å². The molecule has 32 heavy (non-hydrogen) atoms. The summed E-state index contributed by atoms with van der Waals surface area (Å²) >= 11 is 6.12. The largest absolute Gasteiger partial charge is 0.351 e. The summed E-state index contributed by atoms with van der Waals surface area (Å²) in [5.41, 5.74) is 3.52. The summed E-state index contributed by atoms with van der Waals surface area (Å²) in [5, 5.41) is 25.5. The number of rotatable bonds is 7. The molecule has 0 saturated heterocycles. The molecule has 9 nitrogen and oxygen atoms in total. The van der Waals surface area contributed by atoms with Crippen LogP contribution in [-0.4, -0.2) is 41.3 Å². The van der Waals surface area contributed by atoms with E-state index in [1.54, 1.807) is 32.4 Å². The van der Waals surface area contributed by atoms with E-state index in [2.05, 4.69) is 20.6 Å². The van der Waals surface area contributed by atoms with Gasteiger partial charge in [0, 0.05) is 31.0 Å². The molecule has 10 heteroatoms. The molecular formula is C22H21ClN8O. The molecule has 0 fully saturated rings. The fourth-order valence-corrected chi connectivity index (χ4v) is 3.55. The molecule has 1 aromatic carbocycles. The molecule has 1 atom stereocenters.